The van der Waals surface area contributed by atoms with Gasteiger partial charge in [-0.05, 0) is 62.8 Å². The van der Waals surface area contributed by atoms with Crippen LogP contribution in [0.25, 0.3) is 11.0 Å². The van der Waals surface area contributed by atoms with Gasteiger partial charge in [0.2, 0.25) is 0 Å². The van der Waals surface area contributed by atoms with Crippen LogP contribution in [0.3, 0.4) is 0 Å². The third-order valence-electron chi connectivity index (χ3n) is 4.95. The van der Waals surface area contributed by atoms with E-state index in [-0.39, 0.29) is 5.63 Å². The molecule has 3 nitrogen and oxygen atoms in total. The first kappa shape index (κ1) is 15.3. The highest BCUT2D eigenvalue weighted by atomic mass is 16.4. The predicted molar refractivity (Wildman–Crippen MR) is 89.4 cm³/mol. The number of quaternary nitrogens is 1. The van der Waals surface area contributed by atoms with E-state index in [0.717, 1.165) is 23.1 Å². The maximum Gasteiger partial charge on any atom is 0.336 e. The number of likely N-dealkylation sites (tertiary alicyclic amines) is 1. The first-order valence-corrected chi connectivity index (χ1v) is 8.51. The Morgan fingerprint density at radius 3 is 2.32 bits per heavy atom. The van der Waals surface area contributed by atoms with Crippen molar-refractivity contribution in [3.63, 3.8) is 0 Å². The molecule has 0 atom stereocenters. The molecule has 1 fully saturated rings. The summed E-state index contributed by atoms with van der Waals surface area (Å²) in [5, 5.41) is 1.11. The van der Waals surface area contributed by atoms with Crippen LogP contribution in [-0.4, -0.2) is 13.1 Å². The summed E-state index contributed by atoms with van der Waals surface area (Å²) in [4.78, 5) is 13.5. The van der Waals surface area contributed by atoms with Crippen molar-refractivity contribution in [1.29, 1.82) is 0 Å². The minimum Gasteiger partial charge on any atom is -0.423 e. The second-order valence-electron chi connectivity index (χ2n) is 6.72. The molecule has 22 heavy (non-hydrogen) atoms. The zero-order valence-corrected chi connectivity index (χ0v) is 13.7. The third kappa shape index (κ3) is 3.41. The number of rotatable bonds is 2. The van der Waals surface area contributed by atoms with E-state index in [2.05, 4.69) is 19.9 Å². The maximum atomic E-state index is 11.9. The summed E-state index contributed by atoms with van der Waals surface area (Å²) in [6, 6.07) is 5.87. The molecule has 3 rings (SSSR count). The summed E-state index contributed by atoms with van der Waals surface area (Å²) in [6.45, 7) is 7.54. The SMILES string of the molecule is Cc1cc2oc(=O)cc(C[NH+]3CCCCCCC3)c2cc1C. The minimum atomic E-state index is -0.225. The van der Waals surface area contributed by atoms with Crippen LogP contribution in [0.4, 0.5) is 0 Å². The van der Waals surface area contributed by atoms with Crippen molar-refractivity contribution in [2.24, 2.45) is 0 Å². The van der Waals surface area contributed by atoms with Gasteiger partial charge >= 0.3 is 5.63 Å². The average Bonchev–Trinajstić information content (AvgIpc) is 2.43. The maximum absolute atomic E-state index is 11.9. The summed E-state index contributed by atoms with van der Waals surface area (Å²) in [6.07, 6.45) is 6.67. The van der Waals surface area contributed by atoms with Gasteiger partial charge in [0.15, 0.2) is 0 Å². The zero-order chi connectivity index (χ0) is 15.5. The molecule has 1 aromatic carbocycles. The van der Waals surface area contributed by atoms with Crippen molar-refractivity contribution in [1.82, 2.24) is 0 Å². The van der Waals surface area contributed by atoms with E-state index in [1.165, 1.54) is 56.3 Å². The summed E-state index contributed by atoms with van der Waals surface area (Å²) in [7, 11) is 0. The van der Waals surface area contributed by atoms with E-state index in [1.54, 1.807) is 11.0 Å². The quantitative estimate of drug-likeness (QED) is 0.866. The number of hydrogen-bond donors (Lipinski definition) is 1. The molecule has 2 aromatic rings. The van der Waals surface area contributed by atoms with Crippen molar-refractivity contribution < 1.29 is 9.32 Å². The third-order valence-corrected chi connectivity index (χ3v) is 4.95. The Hall–Kier alpha value is -1.61. The number of benzene rings is 1. The first-order valence-electron chi connectivity index (χ1n) is 8.51. The van der Waals surface area contributed by atoms with Crippen molar-refractivity contribution in [3.8, 4) is 0 Å². The summed E-state index contributed by atoms with van der Waals surface area (Å²) in [5.74, 6) is 0. The molecular weight excluding hydrogens is 274 g/mol. The molecule has 1 aliphatic heterocycles. The van der Waals surface area contributed by atoms with Crippen LogP contribution >= 0.6 is 0 Å². The van der Waals surface area contributed by atoms with Gasteiger partial charge in [0.1, 0.15) is 12.1 Å². The Morgan fingerprint density at radius 2 is 1.59 bits per heavy atom. The molecule has 1 aromatic heterocycles. The molecule has 0 radical (unpaired) electrons. The van der Waals surface area contributed by atoms with E-state index in [0.29, 0.717) is 0 Å². The minimum absolute atomic E-state index is 0.225. The largest absolute Gasteiger partial charge is 0.423 e. The van der Waals surface area contributed by atoms with Crippen molar-refractivity contribution in [3.05, 3.63) is 45.3 Å². The highest BCUT2D eigenvalue weighted by Gasteiger charge is 2.15. The van der Waals surface area contributed by atoms with Gasteiger partial charge in [-0.1, -0.05) is 6.42 Å². The molecule has 118 valence electrons. The lowest BCUT2D eigenvalue weighted by molar-refractivity contribution is -0.914. The van der Waals surface area contributed by atoms with Crippen LogP contribution in [0.15, 0.2) is 27.4 Å². The van der Waals surface area contributed by atoms with E-state index >= 15 is 0 Å². The Bertz CT molecular complexity index is 709. The monoisotopic (exact) mass is 300 g/mol. The van der Waals surface area contributed by atoms with Crippen LogP contribution < -0.4 is 10.5 Å². The summed E-state index contributed by atoms with van der Waals surface area (Å²) < 4.78 is 5.41. The van der Waals surface area contributed by atoms with Gasteiger partial charge in [-0.3, -0.25) is 0 Å². The number of aryl methyl sites for hydroxylation is 2. The molecule has 2 heterocycles. The number of nitrogens with one attached hydrogen (secondary N) is 1. The van der Waals surface area contributed by atoms with Gasteiger partial charge in [0.05, 0.1) is 13.1 Å². The molecule has 0 spiro atoms. The van der Waals surface area contributed by atoms with Crippen molar-refractivity contribution in [2.45, 2.75) is 52.5 Å². The number of hydrogen-bond acceptors (Lipinski definition) is 2. The molecule has 0 aliphatic carbocycles. The highest BCUT2D eigenvalue weighted by Crippen LogP contribution is 2.21. The van der Waals surface area contributed by atoms with Gasteiger partial charge in [0, 0.05) is 17.0 Å². The predicted octanol–water partition coefficient (Wildman–Crippen LogP) is 2.76. The molecule has 0 unspecified atom stereocenters. The van der Waals surface area contributed by atoms with E-state index in [4.69, 9.17) is 4.42 Å². The van der Waals surface area contributed by atoms with Crippen LogP contribution in [0.2, 0.25) is 0 Å². The molecular formula is C19H26NO2+. The Balaban J connectivity index is 1.94. The molecule has 1 N–H and O–H groups in total. The number of fused-ring (bicyclic) bond motifs is 1. The fraction of sp³-hybridized carbons (Fsp3) is 0.526. The van der Waals surface area contributed by atoms with Crippen LogP contribution in [0.1, 0.15) is 48.8 Å². The summed E-state index contributed by atoms with van der Waals surface area (Å²) in [5.41, 5.74) is 4.08. The molecule has 1 aliphatic rings. The molecule has 3 heteroatoms. The van der Waals surface area contributed by atoms with Crippen LogP contribution in [-0.2, 0) is 6.54 Å². The second-order valence-corrected chi connectivity index (χ2v) is 6.72. The Kier molecular flexibility index (Phi) is 4.63. The van der Waals surface area contributed by atoms with Gasteiger partial charge in [-0.25, -0.2) is 4.79 Å². The van der Waals surface area contributed by atoms with Gasteiger partial charge in [-0.15, -0.1) is 0 Å². The van der Waals surface area contributed by atoms with E-state index in [9.17, 15) is 4.79 Å². The smallest absolute Gasteiger partial charge is 0.336 e. The van der Waals surface area contributed by atoms with Crippen molar-refractivity contribution >= 4 is 11.0 Å². The fourth-order valence-electron chi connectivity index (χ4n) is 3.48. The molecule has 1 saturated heterocycles. The van der Waals surface area contributed by atoms with E-state index in [1.807, 2.05) is 6.07 Å². The Labute approximate surface area is 131 Å². The molecule has 0 amide bonds. The fourth-order valence-corrected chi connectivity index (χ4v) is 3.48. The van der Waals surface area contributed by atoms with Crippen LogP contribution in [0, 0.1) is 13.8 Å². The topological polar surface area (TPSA) is 34.6 Å². The normalized spacial score (nSPS) is 17.4. The Morgan fingerprint density at radius 1 is 0.955 bits per heavy atom. The van der Waals surface area contributed by atoms with E-state index < -0.39 is 0 Å². The lowest BCUT2D eigenvalue weighted by atomic mass is 10.0. The summed E-state index contributed by atoms with van der Waals surface area (Å²) >= 11 is 0. The van der Waals surface area contributed by atoms with Crippen molar-refractivity contribution in [2.75, 3.05) is 13.1 Å². The first-order chi connectivity index (χ1) is 10.6. The second kappa shape index (κ2) is 6.66. The molecule has 0 saturated carbocycles. The lowest BCUT2D eigenvalue weighted by Crippen LogP contribution is -3.10. The van der Waals surface area contributed by atoms with Gasteiger partial charge in [-0.2, -0.15) is 0 Å². The highest BCUT2D eigenvalue weighted by molar-refractivity contribution is 5.81. The van der Waals surface area contributed by atoms with Gasteiger partial charge in [0.25, 0.3) is 0 Å². The van der Waals surface area contributed by atoms with Crippen LogP contribution in [0.5, 0.6) is 0 Å². The average molecular weight is 300 g/mol. The lowest BCUT2D eigenvalue weighted by Gasteiger charge is -2.22. The van der Waals surface area contributed by atoms with Gasteiger partial charge < -0.3 is 9.32 Å². The molecule has 0 bridgehead atoms. The zero-order valence-electron chi connectivity index (χ0n) is 13.7. The standard InChI is InChI=1S/C19H25NO2/c1-14-10-17-16(12-19(21)22-18(17)11-15(14)2)13-20-8-6-4-3-5-7-9-20/h10-12H,3-9,13H2,1-2H3/p+1.